The molecule has 1 heterocycles. The van der Waals surface area contributed by atoms with Gasteiger partial charge >= 0.3 is 0 Å². The molecule has 188 valence electrons. The van der Waals surface area contributed by atoms with Crippen LogP contribution in [0.4, 0.5) is 5.69 Å². The van der Waals surface area contributed by atoms with Crippen molar-refractivity contribution >= 4 is 23.4 Å². The molecule has 36 heavy (non-hydrogen) atoms. The number of carbonyl (C=O) groups excluding carboxylic acids is 3. The third-order valence-electron chi connectivity index (χ3n) is 5.04. The van der Waals surface area contributed by atoms with Crippen LogP contribution in [0.5, 0.6) is 11.5 Å². The molecular formula is C25H27N5O6. The lowest BCUT2D eigenvalue weighted by Crippen LogP contribution is -2.38. The molecule has 3 rings (SSSR count). The van der Waals surface area contributed by atoms with Gasteiger partial charge in [0.1, 0.15) is 18.0 Å². The second-order valence-electron chi connectivity index (χ2n) is 7.65. The van der Waals surface area contributed by atoms with E-state index in [1.165, 1.54) is 27.2 Å². The molecule has 0 unspecified atom stereocenters. The molecule has 11 nitrogen and oxygen atoms in total. The van der Waals surface area contributed by atoms with Crippen molar-refractivity contribution in [2.75, 3.05) is 32.6 Å². The van der Waals surface area contributed by atoms with Crippen molar-refractivity contribution in [2.24, 2.45) is 0 Å². The summed E-state index contributed by atoms with van der Waals surface area (Å²) in [6, 6.07) is 14.5. The normalized spacial score (nSPS) is 10.3. The van der Waals surface area contributed by atoms with Crippen LogP contribution in [0, 0.1) is 0 Å². The van der Waals surface area contributed by atoms with E-state index in [-0.39, 0.29) is 31.4 Å². The number of hydrogen-bond acceptors (Lipinski definition) is 7. The first-order valence-electron chi connectivity index (χ1n) is 11.0. The van der Waals surface area contributed by atoms with Crippen LogP contribution in [0.15, 0.2) is 59.4 Å². The van der Waals surface area contributed by atoms with Crippen LogP contribution in [-0.2, 0) is 16.1 Å². The highest BCUT2D eigenvalue weighted by Gasteiger charge is 2.13. The third kappa shape index (κ3) is 6.92. The lowest BCUT2D eigenvalue weighted by molar-refractivity contribution is -0.121. The van der Waals surface area contributed by atoms with Crippen LogP contribution in [0.1, 0.15) is 17.3 Å². The summed E-state index contributed by atoms with van der Waals surface area (Å²) < 4.78 is 11.7. The average molecular weight is 494 g/mol. The number of aromatic nitrogens is 2. The van der Waals surface area contributed by atoms with Crippen molar-refractivity contribution in [3.63, 3.8) is 0 Å². The van der Waals surface area contributed by atoms with Crippen LogP contribution in [-0.4, -0.2) is 54.8 Å². The summed E-state index contributed by atoms with van der Waals surface area (Å²) in [5.41, 5.74) is 1.61. The Morgan fingerprint density at radius 2 is 1.64 bits per heavy atom. The minimum atomic E-state index is -0.438. The molecule has 0 bridgehead atoms. The minimum Gasteiger partial charge on any atom is -0.497 e. The number of amides is 3. The maximum atomic E-state index is 12.4. The number of nitrogens with one attached hydrogen (secondary N) is 3. The molecule has 0 atom stereocenters. The van der Waals surface area contributed by atoms with Gasteiger partial charge in [-0.3, -0.25) is 19.2 Å². The highest BCUT2D eigenvalue weighted by atomic mass is 16.5. The van der Waals surface area contributed by atoms with Gasteiger partial charge in [-0.05, 0) is 48.5 Å². The van der Waals surface area contributed by atoms with Gasteiger partial charge in [-0.25, -0.2) is 4.68 Å². The predicted octanol–water partition coefficient (Wildman–Crippen LogP) is 1.43. The number of anilines is 1. The van der Waals surface area contributed by atoms with E-state index in [1.54, 1.807) is 48.5 Å². The average Bonchev–Trinajstić information content (AvgIpc) is 2.87. The van der Waals surface area contributed by atoms with Crippen LogP contribution < -0.4 is 31.0 Å². The molecule has 0 fully saturated rings. The Morgan fingerprint density at radius 1 is 0.917 bits per heavy atom. The summed E-state index contributed by atoms with van der Waals surface area (Å²) in [5, 5.41) is 12.3. The zero-order valence-corrected chi connectivity index (χ0v) is 20.2. The Hall–Kier alpha value is -4.67. The van der Waals surface area contributed by atoms with E-state index in [2.05, 4.69) is 21.0 Å². The number of ether oxygens (including phenoxy) is 2. The fourth-order valence-corrected chi connectivity index (χ4v) is 3.30. The zero-order valence-electron chi connectivity index (χ0n) is 20.2. The largest absolute Gasteiger partial charge is 0.497 e. The minimum absolute atomic E-state index is 0.159. The van der Waals surface area contributed by atoms with Crippen molar-refractivity contribution in [3.05, 3.63) is 70.5 Å². The summed E-state index contributed by atoms with van der Waals surface area (Å²) in [6.07, 6.45) is 0. The fraction of sp³-hybridized carbons (Fsp3) is 0.240. The highest BCUT2D eigenvalue weighted by molar-refractivity contribution is 5.95. The molecule has 3 aromatic rings. The number of carbonyl (C=O) groups is 3. The number of benzene rings is 2. The van der Waals surface area contributed by atoms with E-state index in [1.807, 2.05) is 0 Å². The van der Waals surface area contributed by atoms with Gasteiger partial charge in [-0.15, -0.1) is 0 Å². The summed E-state index contributed by atoms with van der Waals surface area (Å²) in [7, 11) is 3.06. The maximum Gasteiger partial charge on any atom is 0.267 e. The molecule has 0 radical (unpaired) electrons. The van der Waals surface area contributed by atoms with Crippen molar-refractivity contribution in [3.8, 4) is 22.8 Å². The monoisotopic (exact) mass is 493 g/mol. The summed E-state index contributed by atoms with van der Waals surface area (Å²) in [4.78, 5) is 47.9. The first-order valence-corrected chi connectivity index (χ1v) is 11.0. The van der Waals surface area contributed by atoms with Crippen LogP contribution in [0.2, 0.25) is 0 Å². The van der Waals surface area contributed by atoms with Crippen molar-refractivity contribution in [1.82, 2.24) is 20.4 Å². The Labute approximate surface area is 207 Å². The Balaban J connectivity index is 1.55. The van der Waals surface area contributed by atoms with E-state index in [4.69, 9.17) is 9.47 Å². The molecule has 0 aliphatic carbocycles. The number of rotatable bonds is 10. The van der Waals surface area contributed by atoms with Gasteiger partial charge in [-0.2, -0.15) is 5.10 Å². The maximum absolute atomic E-state index is 12.4. The highest BCUT2D eigenvalue weighted by Crippen LogP contribution is 2.31. The number of hydrogen-bond donors (Lipinski definition) is 3. The SMILES string of the molecule is COc1ccc(OC)c(-c2ccc(=O)n(CC(=O)NCCNC(=O)c3ccc(NC(C)=O)cc3)n2)c1. The van der Waals surface area contributed by atoms with Gasteiger partial charge in [0.15, 0.2) is 0 Å². The predicted molar refractivity (Wildman–Crippen MR) is 133 cm³/mol. The Morgan fingerprint density at radius 3 is 2.31 bits per heavy atom. The van der Waals surface area contributed by atoms with Gasteiger partial charge in [0, 0.05) is 42.9 Å². The summed E-state index contributed by atoms with van der Waals surface area (Å²) in [6.45, 7) is 1.45. The molecule has 0 saturated carbocycles. The van der Waals surface area contributed by atoms with Gasteiger partial charge in [0.25, 0.3) is 11.5 Å². The quantitative estimate of drug-likeness (QED) is 0.363. The molecule has 2 aromatic carbocycles. The van der Waals surface area contributed by atoms with Crippen molar-refractivity contribution in [2.45, 2.75) is 13.5 Å². The van der Waals surface area contributed by atoms with E-state index in [0.717, 1.165) is 4.68 Å². The molecule has 3 amide bonds. The molecule has 0 saturated heterocycles. The molecule has 11 heteroatoms. The van der Waals surface area contributed by atoms with Crippen LogP contribution in [0.25, 0.3) is 11.3 Å². The molecule has 0 spiro atoms. The van der Waals surface area contributed by atoms with E-state index in [0.29, 0.717) is 34.0 Å². The molecule has 1 aromatic heterocycles. The Bertz CT molecular complexity index is 1300. The second-order valence-corrected chi connectivity index (χ2v) is 7.65. The molecular weight excluding hydrogens is 466 g/mol. The molecule has 3 N–H and O–H groups in total. The smallest absolute Gasteiger partial charge is 0.267 e. The van der Waals surface area contributed by atoms with Crippen molar-refractivity contribution < 1.29 is 23.9 Å². The van der Waals surface area contributed by atoms with E-state index in [9.17, 15) is 19.2 Å². The van der Waals surface area contributed by atoms with Crippen molar-refractivity contribution in [1.29, 1.82) is 0 Å². The van der Waals surface area contributed by atoms with E-state index >= 15 is 0 Å². The lowest BCUT2D eigenvalue weighted by Gasteiger charge is -2.12. The fourth-order valence-electron chi connectivity index (χ4n) is 3.30. The van der Waals surface area contributed by atoms with Crippen LogP contribution >= 0.6 is 0 Å². The van der Waals surface area contributed by atoms with Crippen LogP contribution in [0.3, 0.4) is 0 Å². The second kappa shape index (κ2) is 12.2. The summed E-state index contributed by atoms with van der Waals surface area (Å²) >= 11 is 0. The number of nitrogens with zero attached hydrogens (tertiary/aromatic N) is 2. The molecule has 0 aliphatic rings. The topological polar surface area (TPSA) is 141 Å². The van der Waals surface area contributed by atoms with Gasteiger partial charge in [0.05, 0.1) is 19.9 Å². The van der Waals surface area contributed by atoms with E-state index < -0.39 is 11.5 Å². The first-order chi connectivity index (χ1) is 17.3. The van der Waals surface area contributed by atoms with Gasteiger partial charge in [0.2, 0.25) is 11.8 Å². The zero-order chi connectivity index (χ0) is 26.1. The Kier molecular flexibility index (Phi) is 8.76. The van der Waals surface area contributed by atoms with Gasteiger partial charge in [-0.1, -0.05) is 0 Å². The third-order valence-corrected chi connectivity index (χ3v) is 5.04. The lowest BCUT2D eigenvalue weighted by atomic mass is 10.1. The number of methoxy groups -OCH3 is 2. The standard InChI is InChI=1S/C25H27N5O6/c1-16(31)28-18-6-4-17(5-7-18)25(34)27-13-12-26-23(32)15-30-24(33)11-9-21(29-30)20-14-19(35-2)8-10-22(20)36-3/h4-11,14H,12-13,15H2,1-3H3,(H,26,32)(H,27,34)(H,28,31). The molecule has 0 aliphatic heterocycles. The first kappa shape index (κ1) is 25.9. The van der Waals surface area contributed by atoms with Gasteiger partial charge < -0.3 is 25.4 Å². The summed E-state index contributed by atoms with van der Waals surface area (Å²) in [5.74, 6) is 0.170.